The first-order valence-corrected chi connectivity index (χ1v) is 6.86. The molecule has 112 valence electrons. The molecule has 1 aromatic carbocycles. The molecule has 1 aromatic rings. The summed E-state index contributed by atoms with van der Waals surface area (Å²) in [6.07, 6.45) is -0.360. The largest absolute Gasteiger partial charge is 0.490 e. The minimum atomic E-state index is -0.506. The van der Waals surface area contributed by atoms with Crippen LogP contribution in [0.25, 0.3) is 0 Å². The Morgan fingerprint density at radius 2 is 2.19 bits per heavy atom. The fourth-order valence-corrected chi connectivity index (χ4v) is 2.44. The molecule has 0 aliphatic carbocycles. The molecule has 1 amide bonds. The van der Waals surface area contributed by atoms with Gasteiger partial charge in [0.05, 0.1) is 18.5 Å². The molecule has 3 rings (SSSR count). The van der Waals surface area contributed by atoms with Gasteiger partial charge in [-0.05, 0) is 26.0 Å². The van der Waals surface area contributed by atoms with Gasteiger partial charge in [0.1, 0.15) is 23.7 Å². The first-order valence-electron chi connectivity index (χ1n) is 6.86. The monoisotopic (exact) mass is 291 g/mol. The summed E-state index contributed by atoms with van der Waals surface area (Å²) in [5.74, 6) is 1.19. The SMILES string of the molecule is CC1(C)CC(=O)c2ccc(OCC3CNC(=O)O3)cc2O1. The number of alkyl carbamates (subject to hydrolysis) is 1. The van der Waals surface area contributed by atoms with E-state index in [0.717, 1.165) is 0 Å². The number of benzene rings is 1. The Kier molecular flexibility index (Phi) is 3.23. The molecule has 1 atom stereocenters. The van der Waals surface area contributed by atoms with Crippen molar-refractivity contribution in [2.45, 2.75) is 32.0 Å². The van der Waals surface area contributed by atoms with Crippen LogP contribution in [0.2, 0.25) is 0 Å². The van der Waals surface area contributed by atoms with E-state index in [1.54, 1.807) is 18.2 Å². The Morgan fingerprint density at radius 3 is 2.90 bits per heavy atom. The number of hydrogen-bond acceptors (Lipinski definition) is 5. The number of ketones is 1. The lowest BCUT2D eigenvalue weighted by molar-refractivity contribution is 0.0615. The molecule has 2 aliphatic rings. The molecular weight excluding hydrogens is 274 g/mol. The van der Waals surface area contributed by atoms with Crippen molar-refractivity contribution < 1.29 is 23.8 Å². The second-order valence-electron chi connectivity index (χ2n) is 5.84. The van der Waals surface area contributed by atoms with E-state index in [1.807, 2.05) is 13.8 Å². The van der Waals surface area contributed by atoms with Gasteiger partial charge < -0.3 is 19.5 Å². The van der Waals surface area contributed by atoms with E-state index >= 15 is 0 Å². The summed E-state index contributed by atoms with van der Waals surface area (Å²) < 4.78 is 16.4. The third-order valence-electron chi connectivity index (χ3n) is 3.41. The van der Waals surface area contributed by atoms with Crippen molar-refractivity contribution in [3.8, 4) is 11.5 Å². The predicted molar refractivity (Wildman–Crippen MR) is 73.9 cm³/mol. The van der Waals surface area contributed by atoms with Gasteiger partial charge in [0.2, 0.25) is 0 Å². The van der Waals surface area contributed by atoms with E-state index in [2.05, 4.69) is 5.32 Å². The van der Waals surface area contributed by atoms with Crippen molar-refractivity contribution in [1.29, 1.82) is 0 Å². The van der Waals surface area contributed by atoms with Crippen molar-refractivity contribution in [2.24, 2.45) is 0 Å². The minimum absolute atomic E-state index is 0.0710. The van der Waals surface area contributed by atoms with Gasteiger partial charge in [-0.3, -0.25) is 4.79 Å². The Balaban J connectivity index is 1.71. The summed E-state index contributed by atoms with van der Waals surface area (Å²) in [6.45, 7) is 4.46. The maximum absolute atomic E-state index is 12.0. The number of fused-ring (bicyclic) bond motifs is 1. The topological polar surface area (TPSA) is 73.9 Å². The van der Waals surface area contributed by atoms with Gasteiger partial charge in [-0.25, -0.2) is 4.79 Å². The summed E-state index contributed by atoms with van der Waals surface area (Å²) in [5.41, 5.74) is 0.0730. The smallest absolute Gasteiger partial charge is 0.407 e. The van der Waals surface area contributed by atoms with E-state index in [4.69, 9.17) is 14.2 Å². The molecule has 1 fully saturated rings. The van der Waals surface area contributed by atoms with Crippen molar-refractivity contribution >= 4 is 11.9 Å². The molecule has 0 aromatic heterocycles. The molecular formula is C15H17NO5. The number of Topliss-reactive ketones (excluding diaryl/α,β-unsaturated/α-hetero) is 1. The highest BCUT2D eigenvalue weighted by atomic mass is 16.6. The van der Waals surface area contributed by atoms with E-state index in [0.29, 0.717) is 30.0 Å². The van der Waals surface area contributed by atoms with Gasteiger partial charge in [0.25, 0.3) is 0 Å². The molecule has 0 saturated carbocycles. The second-order valence-corrected chi connectivity index (χ2v) is 5.84. The fourth-order valence-electron chi connectivity index (χ4n) is 2.44. The van der Waals surface area contributed by atoms with Crippen LogP contribution in [0.1, 0.15) is 30.6 Å². The van der Waals surface area contributed by atoms with Crippen molar-refractivity contribution in [2.75, 3.05) is 13.2 Å². The van der Waals surface area contributed by atoms with Crippen LogP contribution in [0.5, 0.6) is 11.5 Å². The molecule has 1 N–H and O–H groups in total. The third kappa shape index (κ3) is 2.94. The normalized spacial score (nSPS) is 22.9. The lowest BCUT2D eigenvalue weighted by Gasteiger charge is -2.31. The summed E-state index contributed by atoms with van der Waals surface area (Å²) >= 11 is 0. The number of hydrogen-bond donors (Lipinski definition) is 1. The minimum Gasteiger partial charge on any atom is -0.490 e. The van der Waals surface area contributed by atoms with E-state index < -0.39 is 11.7 Å². The third-order valence-corrected chi connectivity index (χ3v) is 3.41. The Hall–Kier alpha value is -2.24. The Morgan fingerprint density at radius 1 is 1.38 bits per heavy atom. The summed E-state index contributed by atoms with van der Waals surface area (Å²) in [5, 5.41) is 2.56. The number of carbonyl (C=O) groups is 2. The van der Waals surface area contributed by atoms with Crippen molar-refractivity contribution in [3.05, 3.63) is 23.8 Å². The van der Waals surface area contributed by atoms with Crippen LogP contribution in [-0.2, 0) is 4.74 Å². The number of cyclic esters (lactones) is 1. The standard InChI is InChI=1S/C15H17NO5/c1-15(2)6-12(17)11-4-3-9(5-13(11)21-15)19-8-10-7-16-14(18)20-10/h3-5,10H,6-8H2,1-2H3,(H,16,18). The number of amides is 1. The summed E-state index contributed by atoms with van der Waals surface area (Å²) in [7, 11) is 0. The van der Waals surface area contributed by atoms with Crippen LogP contribution >= 0.6 is 0 Å². The average molecular weight is 291 g/mol. The molecule has 6 nitrogen and oxygen atoms in total. The van der Waals surface area contributed by atoms with Crippen LogP contribution in [-0.4, -0.2) is 36.7 Å². The lowest BCUT2D eigenvalue weighted by Crippen LogP contribution is -2.35. The quantitative estimate of drug-likeness (QED) is 0.921. The highest BCUT2D eigenvalue weighted by Gasteiger charge is 2.32. The van der Waals surface area contributed by atoms with E-state index in [9.17, 15) is 9.59 Å². The summed E-state index contributed by atoms with van der Waals surface area (Å²) in [4.78, 5) is 22.9. The average Bonchev–Trinajstić information content (AvgIpc) is 2.80. The number of nitrogens with one attached hydrogen (secondary N) is 1. The van der Waals surface area contributed by atoms with Crippen LogP contribution in [0.4, 0.5) is 4.79 Å². The van der Waals surface area contributed by atoms with Crippen molar-refractivity contribution in [3.63, 3.8) is 0 Å². The lowest BCUT2D eigenvalue weighted by atomic mass is 9.93. The molecule has 6 heteroatoms. The predicted octanol–water partition coefficient (Wildman–Crippen LogP) is 1.92. The molecule has 1 unspecified atom stereocenters. The Labute approximate surface area is 122 Å². The second kappa shape index (κ2) is 4.95. The number of carbonyl (C=O) groups excluding carboxylic acids is 2. The van der Waals surface area contributed by atoms with Gasteiger partial charge >= 0.3 is 6.09 Å². The van der Waals surface area contributed by atoms with Crippen LogP contribution in [0.15, 0.2) is 18.2 Å². The van der Waals surface area contributed by atoms with Gasteiger partial charge in [-0.2, -0.15) is 0 Å². The maximum Gasteiger partial charge on any atom is 0.407 e. The molecule has 1 saturated heterocycles. The first kappa shape index (κ1) is 13.7. The van der Waals surface area contributed by atoms with Gasteiger partial charge in [-0.1, -0.05) is 0 Å². The summed E-state index contributed by atoms with van der Waals surface area (Å²) in [6, 6.07) is 5.14. The fraction of sp³-hybridized carbons (Fsp3) is 0.467. The molecule has 0 bridgehead atoms. The highest BCUT2D eigenvalue weighted by molar-refractivity contribution is 6.00. The van der Waals surface area contributed by atoms with Crippen LogP contribution in [0, 0.1) is 0 Å². The van der Waals surface area contributed by atoms with E-state index in [1.165, 1.54) is 0 Å². The van der Waals surface area contributed by atoms with Crippen LogP contribution < -0.4 is 14.8 Å². The maximum atomic E-state index is 12.0. The van der Waals surface area contributed by atoms with Gasteiger partial charge in [0.15, 0.2) is 11.9 Å². The zero-order valence-corrected chi connectivity index (χ0v) is 12.0. The van der Waals surface area contributed by atoms with Crippen LogP contribution in [0.3, 0.4) is 0 Å². The van der Waals surface area contributed by atoms with Gasteiger partial charge in [0, 0.05) is 6.07 Å². The number of ether oxygens (including phenoxy) is 3. The number of rotatable bonds is 3. The highest BCUT2D eigenvalue weighted by Crippen LogP contribution is 2.35. The zero-order valence-electron chi connectivity index (χ0n) is 12.0. The van der Waals surface area contributed by atoms with Crippen molar-refractivity contribution in [1.82, 2.24) is 5.32 Å². The van der Waals surface area contributed by atoms with E-state index in [-0.39, 0.29) is 18.5 Å². The Bertz CT molecular complexity index is 596. The van der Waals surface area contributed by atoms with Gasteiger partial charge in [-0.15, -0.1) is 0 Å². The molecule has 2 aliphatic heterocycles. The molecule has 2 heterocycles. The first-order chi connectivity index (χ1) is 9.93. The molecule has 21 heavy (non-hydrogen) atoms. The zero-order chi connectivity index (χ0) is 15.0. The molecule has 0 spiro atoms. The molecule has 0 radical (unpaired) electrons.